The Morgan fingerprint density at radius 3 is 2.40 bits per heavy atom. The highest BCUT2D eigenvalue weighted by Crippen LogP contribution is 2.30. The van der Waals surface area contributed by atoms with Crippen LogP contribution in [0.2, 0.25) is 0 Å². The average Bonchev–Trinajstić information content (AvgIpc) is 2.94. The van der Waals surface area contributed by atoms with Crippen molar-refractivity contribution in [1.29, 1.82) is 0 Å². The lowest BCUT2D eigenvalue weighted by molar-refractivity contribution is -0.0498. The fourth-order valence-electron chi connectivity index (χ4n) is 2.10. The second-order valence-corrected chi connectivity index (χ2v) is 6.42. The Balaban J connectivity index is 1.75. The van der Waals surface area contributed by atoms with Crippen LogP contribution in [0, 0.1) is 6.92 Å². The van der Waals surface area contributed by atoms with Crippen LogP contribution >= 0.6 is 11.3 Å². The molecule has 1 aromatic carbocycles. The summed E-state index contributed by atoms with van der Waals surface area (Å²) in [5, 5.41) is 5.38. The molecule has 2 aromatic rings. The van der Waals surface area contributed by atoms with Gasteiger partial charge in [0.2, 0.25) is 0 Å². The number of carbonyl (C=O) groups excluding carboxylic acids is 2. The number of carbonyl (C=O) groups is 2. The summed E-state index contributed by atoms with van der Waals surface area (Å²) < 4.78 is 29.1. The zero-order valence-electron chi connectivity index (χ0n) is 13.6. The predicted molar refractivity (Wildman–Crippen MR) is 91.4 cm³/mol. The summed E-state index contributed by atoms with van der Waals surface area (Å²) in [5.74, 6) is -0.774. The Morgan fingerprint density at radius 1 is 1.12 bits per heavy atom. The molecule has 2 N–H and O–H groups in total. The van der Waals surface area contributed by atoms with E-state index in [1.54, 1.807) is 31.2 Å². The van der Waals surface area contributed by atoms with E-state index in [1.807, 2.05) is 6.07 Å². The molecule has 0 atom stereocenters. The number of aryl methyl sites for hydroxylation is 1. The van der Waals surface area contributed by atoms with Gasteiger partial charge in [0.1, 0.15) is 10.6 Å². The minimum absolute atomic E-state index is 0.117. The molecule has 2 amide bonds. The molecule has 0 aliphatic rings. The molecular formula is C17H18F2N2O3S. The molecule has 25 heavy (non-hydrogen) atoms. The van der Waals surface area contributed by atoms with Gasteiger partial charge in [0.05, 0.1) is 0 Å². The smallest absolute Gasteiger partial charge is 0.387 e. The maximum Gasteiger partial charge on any atom is 0.387 e. The maximum absolute atomic E-state index is 12.4. The molecule has 2 rings (SSSR count). The van der Waals surface area contributed by atoms with E-state index in [0.717, 1.165) is 11.3 Å². The molecule has 5 nitrogen and oxygen atoms in total. The van der Waals surface area contributed by atoms with Crippen LogP contribution in [0.3, 0.4) is 0 Å². The highest BCUT2D eigenvalue weighted by Gasteiger charge is 2.18. The Labute approximate surface area is 148 Å². The molecule has 134 valence electrons. The van der Waals surface area contributed by atoms with Crippen molar-refractivity contribution in [2.24, 2.45) is 0 Å². The van der Waals surface area contributed by atoms with Crippen LogP contribution in [0.5, 0.6) is 5.75 Å². The Bertz CT molecular complexity index is 720. The summed E-state index contributed by atoms with van der Waals surface area (Å²) in [6, 6.07) is 10.2. The number of ether oxygens (including phenoxy) is 1. The first kappa shape index (κ1) is 18.9. The van der Waals surface area contributed by atoms with Gasteiger partial charge in [0.25, 0.3) is 11.8 Å². The Morgan fingerprint density at radius 2 is 1.76 bits per heavy atom. The molecule has 0 aliphatic carbocycles. The molecule has 8 heteroatoms. The summed E-state index contributed by atoms with van der Waals surface area (Å²) in [4.78, 5) is 24.7. The lowest BCUT2D eigenvalue weighted by Crippen LogP contribution is -2.29. The summed E-state index contributed by atoms with van der Waals surface area (Å²) in [6.45, 7) is -0.579. The van der Waals surface area contributed by atoms with Crippen molar-refractivity contribution in [3.05, 3.63) is 51.7 Å². The van der Waals surface area contributed by atoms with Gasteiger partial charge in [-0.25, -0.2) is 0 Å². The van der Waals surface area contributed by atoms with E-state index in [1.165, 1.54) is 6.07 Å². The topological polar surface area (TPSA) is 67.4 Å². The molecule has 0 spiro atoms. The van der Waals surface area contributed by atoms with Crippen molar-refractivity contribution in [3.8, 4) is 5.75 Å². The molecular weight excluding hydrogens is 350 g/mol. The second kappa shape index (κ2) is 9.12. The summed E-state index contributed by atoms with van der Waals surface area (Å²) in [7, 11) is 0. The molecule has 0 bridgehead atoms. The fraction of sp³-hybridized carbons (Fsp3) is 0.294. The number of alkyl halides is 2. The number of nitrogens with one attached hydrogen (secondary N) is 2. The van der Waals surface area contributed by atoms with Crippen LogP contribution in [0.25, 0.3) is 0 Å². The van der Waals surface area contributed by atoms with Crippen molar-refractivity contribution < 1.29 is 23.1 Å². The number of rotatable bonds is 8. The Kier molecular flexibility index (Phi) is 6.88. The van der Waals surface area contributed by atoms with Crippen molar-refractivity contribution in [2.45, 2.75) is 20.0 Å². The third-order valence-electron chi connectivity index (χ3n) is 3.20. The lowest BCUT2D eigenvalue weighted by Gasteiger charge is -2.08. The molecule has 0 radical (unpaired) electrons. The summed E-state index contributed by atoms with van der Waals surface area (Å²) in [6.07, 6.45) is 0.514. The maximum atomic E-state index is 12.4. The van der Waals surface area contributed by atoms with Gasteiger partial charge in [0, 0.05) is 23.5 Å². The molecule has 0 saturated carbocycles. The number of hydrogen-bond donors (Lipinski definition) is 2. The standard InChI is InChI=1S/C17H18F2N2O3S/c1-11-10-13(24-17(18)19)14(25-11)16(23)21-9-5-8-20-15(22)12-6-3-2-4-7-12/h2-4,6-7,10,17H,5,8-9H2,1H3,(H,20,22)(H,21,23). The normalized spacial score (nSPS) is 10.6. The van der Waals surface area contributed by atoms with Gasteiger partial charge in [-0.05, 0) is 31.5 Å². The van der Waals surface area contributed by atoms with E-state index in [-0.39, 0.29) is 16.5 Å². The van der Waals surface area contributed by atoms with Gasteiger partial charge in [-0.2, -0.15) is 8.78 Å². The summed E-state index contributed by atoms with van der Waals surface area (Å²) in [5.41, 5.74) is 0.564. The molecule has 1 heterocycles. The van der Waals surface area contributed by atoms with Crippen molar-refractivity contribution >= 4 is 23.2 Å². The number of benzene rings is 1. The van der Waals surface area contributed by atoms with E-state index in [2.05, 4.69) is 15.4 Å². The van der Waals surface area contributed by atoms with E-state index < -0.39 is 12.5 Å². The van der Waals surface area contributed by atoms with Gasteiger partial charge < -0.3 is 15.4 Å². The first-order chi connectivity index (χ1) is 12.0. The number of halogens is 2. The van der Waals surface area contributed by atoms with E-state index in [4.69, 9.17) is 0 Å². The molecule has 0 aliphatic heterocycles. The van der Waals surface area contributed by atoms with Crippen LogP contribution in [0.15, 0.2) is 36.4 Å². The van der Waals surface area contributed by atoms with Crippen LogP contribution in [-0.2, 0) is 0 Å². The monoisotopic (exact) mass is 368 g/mol. The van der Waals surface area contributed by atoms with Crippen LogP contribution in [0.4, 0.5) is 8.78 Å². The Hall–Kier alpha value is -2.48. The van der Waals surface area contributed by atoms with E-state index in [0.29, 0.717) is 30.0 Å². The van der Waals surface area contributed by atoms with E-state index in [9.17, 15) is 18.4 Å². The van der Waals surface area contributed by atoms with Crippen LogP contribution in [-0.4, -0.2) is 31.5 Å². The minimum atomic E-state index is -2.98. The molecule has 0 saturated heterocycles. The van der Waals surface area contributed by atoms with Gasteiger partial charge in [0.15, 0.2) is 0 Å². The van der Waals surface area contributed by atoms with Crippen molar-refractivity contribution in [3.63, 3.8) is 0 Å². The minimum Gasteiger partial charge on any atom is -0.433 e. The van der Waals surface area contributed by atoms with Crippen molar-refractivity contribution in [2.75, 3.05) is 13.1 Å². The number of thiophene rings is 1. The number of amides is 2. The molecule has 0 unspecified atom stereocenters. The number of hydrogen-bond acceptors (Lipinski definition) is 4. The van der Waals surface area contributed by atoms with Crippen LogP contribution in [0.1, 0.15) is 31.3 Å². The molecule has 1 aromatic heterocycles. The van der Waals surface area contributed by atoms with E-state index >= 15 is 0 Å². The average molecular weight is 368 g/mol. The zero-order valence-corrected chi connectivity index (χ0v) is 14.4. The highest BCUT2D eigenvalue weighted by molar-refractivity contribution is 7.14. The SMILES string of the molecule is Cc1cc(OC(F)F)c(C(=O)NCCCNC(=O)c2ccccc2)s1. The van der Waals surface area contributed by atoms with Gasteiger partial charge in [-0.1, -0.05) is 18.2 Å². The van der Waals surface area contributed by atoms with Crippen LogP contribution < -0.4 is 15.4 Å². The quantitative estimate of drug-likeness (QED) is 0.703. The van der Waals surface area contributed by atoms with Gasteiger partial charge in [-0.15, -0.1) is 11.3 Å². The largest absolute Gasteiger partial charge is 0.433 e. The third kappa shape index (κ3) is 5.82. The summed E-state index contributed by atoms with van der Waals surface area (Å²) >= 11 is 1.09. The fourth-order valence-corrected chi connectivity index (χ4v) is 2.96. The van der Waals surface area contributed by atoms with Gasteiger partial charge in [-0.3, -0.25) is 9.59 Å². The first-order valence-electron chi connectivity index (χ1n) is 7.64. The first-order valence-corrected chi connectivity index (χ1v) is 8.45. The highest BCUT2D eigenvalue weighted by atomic mass is 32.1. The predicted octanol–water partition coefficient (Wildman–Crippen LogP) is 3.21. The second-order valence-electron chi connectivity index (χ2n) is 5.16. The lowest BCUT2D eigenvalue weighted by atomic mass is 10.2. The van der Waals surface area contributed by atoms with Crippen molar-refractivity contribution in [1.82, 2.24) is 10.6 Å². The molecule has 0 fully saturated rings. The van der Waals surface area contributed by atoms with Gasteiger partial charge >= 0.3 is 6.61 Å². The zero-order chi connectivity index (χ0) is 18.2. The third-order valence-corrected chi connectivity index (χ3v) is 4.23.